The highest BCUT2D eigenvalue weighted by Crippen LogP contribution is 2.51. The molecule has 0 N–H and O–H groups in total. The first-order chi connectivity index (χ1) is 28.0. The van der Waals surface area contributed by atoms with E-state index in [0.29, 0.717) is 0 Å². The summed E-state index contributed by atoms with van der Waals surface area (Å²) in [6, 6.07) is 76.4. The molecule has 10 aromatic carbocycles. The molecule has 0 aliphatic heterocycles. The second-order valence-electron chi connectivity index (χ2n) is 16.1. The van der Waals surface area contributed by atoms with Crippen molar-refractivity contribution >= 4 is 32.3 Å². The van der Waals surface area contributed by atoms with E-state index in [-0.39, 0.29) is 5.41 Å². The normalized spacial score (nSPS) is 12.9. The minimum atomic E-state index is -0.143. The molecule has 1 aliphatic rings. The lowest BCUT2D eigenvalue weighted by atomic mass is 9.80. The molecule has 0 saturated carbocycles. The molecule has 0 nitrogen and oxygen atoms in total. The van der Waals surface area contributed by atoms with Crippen LogP contribution in [-0.2, 0) is 5.41 Å². The van der Waals surface area contributed by atoms with Crippen molar-refractivity contribution in [2.45, 2.75) is 19.3 Å². The summed E-state index contributed by atoms with van der Waals surface area (Å²) in [5, 5.41) is 7.61. The average molecular weight is 725 g/mol. The highest BCUT2D eigenvalue weighted by molar-refractivity contribution is 6.21. The Labute approximate surface area is 334 Å². The molecule has 268 valence electrons. The van der Waals surface area contributed by atoms with Crippen LogP contribution in [0.2, 0.25) is 0 Å². The van der Waals surface area contributed by atoms with Crippen molar-refractivity contribution < 1.29 is 0 Å². The first-order valence-corrected chi connectivity index (χ1v) is 20.0. The lowest BCUT2D eigenvalue weighted by molar-refractivity contribution is 0.661. The molecule has 1 aliphatic carbocycles. The van der Waals surface area contributed by atoms with E-state index >= 15 is 0 Å². The van der Waals surface area contributed by atoms with Gasteiger partial charge in [0.25, 0.3) is 0 Å². The zero-order valence-corrected chi connectivity index (χ0v) is 32.1. The quantitative estimate of drug-likeness (QED) is 0.155. The fourth-order valence-corrected chi connectivity index (χ4v) is 9.56. The van der Waals surface area contributed by atoms with Crippen LogP contribution in [0.4, 0.5) is 0 Å². The van der Waals surface area contributed by atoms with E-state index in [1.54, 1.807) is 0 Å². The summed E-state index contributed by atoms with van der Waals surface area (Å²) in [7, 11) is 0. The maximum absolute atomic E-state index is 2.45. The van der Waals surface area contributed by atoms with Gasteiger partial charge in [-0.05, 0) is 141 Å². The summed E-state index contributed by atoms with van der Waals surface area (Å²) in [4.78, 5) is 0. The van der Waals surface area contributed by atoms with Crippen molar-refractivity contribution in [3.8, 4) is 66.8 Å². The van der Waals surface area contributed by atoms with Crippen molar-refractivity contribution in [2.24, 2.45) is 0 Å². The Balaban J connectivity index is 1.000. The van der Waals surface area contributed by atoms with Gasteiger partial charge < -0.3 is 0 Å². The molecule has 10 aromatic rings. The van der Waals surface area contributed by atoms with Crippen LogP contribution in [0, 0.1) is 0 Å². The van der Waals surface area contributed by atoms with Crippen LogP contribution in [-0.4, -0.2) is 0 Å². The van der Waals surface area contributed by atoms with E-state index < -0.39 is 0 Å². The Bertz CT molecular complexity index is 3140. The number of hydrogen-bond acceptors (Lipinski definition) is 0. The Morgan fingerprint density at radius 2 is 0.649 bits per heavy atom. The van der Waals surface area contributed by atoms with Crippen molar-refractivity contribution in [3.05, 3.63) is 217 Å². The molecule has 0 atom stereocenters. The van der Waals surface area contributed by atoms with Gasteiger partial charge in [-0.1, -0.05) is 190 Å². The van der Waals surface area contributed by atoms with Gasteiger partial charge in [0.05, 0.1) is 0 Å². The monoisotopic (exact) mass is 724 g/mol. The molecular weight excluding hydrogens is 685 g/mol. The Morgan fingerprint density at radius 1 is 0.263 bits per heavy atom. The van der Waals surface area contributed by atoms with Crippen LogP contribution in [0.3, 0.4) is 0 Å². The maximum atomic E-state index is 2.45. The van der Waals surface area contributed by atoms with E-state index in [9.17, 15) is 0 Å². The number of fused-ring (bicyclic) bond motifs is 6. The Morgan fingerprint density at radius 3 is 1.21 bits per heavy atom. The van der Waals surface area contributed by atoms with Crippen LogP contribution in [0.1, 0.15) is 25.0 Å². The third-order valence-corrected chi connectivity index (χ3v) is 12.4. The Hall–Kier alpha value is -7.02. The van der Waals surface area contributed by atoms with Gasteiger partial charge in [-0.25, -0.2) is 0 Å². The molecule has 0 spiro atoms. The molecule has 0 unspecified atom stereocenters. The van der Waals surface area contributed by atoms with Crippen molar-refractivity contribution in [1.29, 1.82) is 0 Å². The van der Waals surface area contributed by atoms with Crippen LogP contribution in [0.5, 0.6) is 0 Å². The first-order valence-electron chi connectivity index (χ1n) is 20.0. The highest BCUT2D eigenvalue weighted by Gasteiger charge is 2.36. The smallest absolute Gasteiger partial charge is 0.0159 e. The van der Waals surface area contributed by atoms with Crippen LogP contribution in [0.15, 0.2) is 206 Å². The zero-order chi connectivity index (χ0) is 38.1. The lowest BCUT2D eigenvalue weighted by Crippen LogP contribution is -2.15. The lowest BCUT2D eigenvalue weighted by Gasteiger charge is -2.23. The van der Waals surface area contributed by atoms with Gasteiger partial charge in [-0.15, -0.1) is 0 Å². The summed E-state index contributed by atoms with van der Waals surface area (Å²) in [6.07, 6.45) is 0. The highest BCUT2D eigenvalue weighted by atomic mass is 14.4. The standard InChI is InChI=1S/C57H40/c1-57(2)53-35-43(41-19-12-18-40(32-41)37-14-4-3-5-15-37)28-30-47(53)48-31-29-44(36-54(48)57)42-20-13-21-45(34-42)55-49-22-8-10-24-51(49)56(52-25-11-9-23-50(52)55)46-27-26-38-16-6-7-17-39(38)33-46/h3-36H,1-2H3. The minimum Gasteiger partial charge on any atom is -0.0622 e. The zero-order valence-electron chi connectivity index (χ0n) is 32.1. The topological polar surface area (TPSA) is 0 Å². The fraction of sp³-hybridized carbons (Fsp3) is 0.0526. The van der Waals surface area contributed by atoms with Gasteiger partial charge in [-0.2, -0.15) is 0 Å². The molecule has 0 amide bonds. The van der Waals surface area contributed by atoms with E-state index in [2.05, 4.69) is 220 Å². The van der Waals surface area contributed by atoms with Crippen LogP contribution < -0.4 is 0 Å². The number of benzene rings is 10. The fourth-order valence-electron chi connectivity index (χ4n) is 9.56. The van der Waals surface area contributed by atoms with Crippen LogP contribution in [0.25, 0.3) is 99.1 Å². The van der Waals surface area contributed by atoms with E-state index in [4.69, 9.17) is 0 Å². The predicted molar refractivity (Wildman–Crippen MR) is 244 cm³/mol. The van der Waals surface area contributed by atoms with Gasteiger partial charge >= 0.3 is 0 Å². The second-order valence-corrected chi connectivity index (χ2v) is 16.1. The summed E-state index contributed by atoms with van der Waals surface area (Å²) >= 11 is 0. The third-order valence-electron chi connectivity index (χ3n) is 12.4. The SMILES string of the molecule is CC1(C)c2cc(-c3cccc(-c4ccccc4)c3)ccc2-c2ccc(-c3cccc(-c4c5ccccc5c(-c5ccc6ccccc6c5)c5ccccc45)c3)cc21. The van der Waals surface area contributed by atoms with Gasteiger partial charge in [0.2, 0.25) is 0 Å². The van der Waals surface area contributed by atoms with E-state index in [1.165, 1.54) is 110 Å². The molecular formula is C57H40. The number of hydrogen-bond donors (Lipinski definition) is 0. The molecule has 0 heterocycles. The Kier molecular flexibility index (Phi) is 7.63. The van der Waals surface area contributed by atoms with Crippen molar-refractivity contribution in [1.82, 2.24) is 0 Å². The van der Waals surface area contributed by atoms with E-state index in [0.717, 1.165) is 0 Å². The number of rotatable bonds is 5. The largest absolute Gasteiger partial charge is 0.0622 e. The second kappa shape index (κ2) is 13.0. The van der Waals surface area contributed by atoms with Crippen molar-refractivity contribution in [2.75, 3.05) is 0 Å². The van der Waals surface area contributed by atoms with Crippen molar-refractivity contribution in [3.63, 3.8) is 0 Å². The molecule has 11 rings (SSSR count). The molecule has 57 heavy (non-hydrogen) atoms. The maximum Gasteiger partial charge on any atom is 0.0159 e. The van der Waals surface area contributed by atoms with Gasteiger partial charge in [0.15, 0.2) is 0 Å². The molecule has 0 saturated heterocycles. The molecule has 0 aromatic heterocycles. The molecule has 0 fully saturated rings. The molecule has 0 radical (unpaired) electrons. The summed E-state index contributed by atoms with van der Waals surface area (Å²) in [5.41, 5.74) is 17.8. The van der Waals surface area contributed by atoms with Gasteiger partial charge in [0.1, 0.15) is 0 Å². The summed E-state index contributed by atoms with van der Waals surface area (Å²) < 4.78 is 0. The summed E-state index contributed by atoms with van der Waals surface area (Å²) in [6.45, 7) is 4.77. The van der Waals surface area contributed by atoms with E-state index in [1.807, 2.05) is 0 Å². The first kappa shape index (κ1) is 33.3. The molecule has 0 bridgehead atoms. The van der Waals surface area contributed by atoms with Gasteiger partial charge in [-0.3, -0.25) is 0 Å². The predicted octanol–water partition coefficient (Wildman–Crippen LogP) is 15.8. The minimum absolute atomic E-state index is 0.143. The average Bonchev–Trinajstić information content (AvgIpc) is 3.50. The van der Waals surface area contributed by atoms with Crippen LogP contribution >= 0.6 is 0 Å². The molecule has 0 heteroatoms. The summed E-state index contributed by atoms with van der Waals surface area (Å²) in [5.74, 6) is 0. The van der Waals surface area contributed by atoms with Gasteiger partial charge in [0, 0.05) is 5.41 Å². The third kappa shape index (κ3) is 5.44.